The highest BCUT2D eigenvalue weighted by Gasteiger charge is 2.41. The number of amides is 1. The van der Waals surface area contributed by atoms with Gasteiger partial charge in [0.05, 0.1) is 12.1 Å². The number of hydrogen-bond donors (Lipinski definition) is 1. The third-order valence-corrected chi connectivity index (χ3v) is 6.10. The molecule has 0 aliphatic carbocycles. The van der Waals surface area contributed by atoms with Gasteiger partial charge in [0.25, 0.3) is 0 Å². The summed E-state index contributed by atoms with van der Waals surface area (Å²) in [7, 11) is 1.91. The van der Waals surface area contributed by atoms with Crippen LogP contribution in [0.15, 0.2) is 30.3 Å². The van der Waals surface area contributed by atoms with Crippen molar-refractivity contribution < 1.29 is 9.90 Å². The summed E-state index contributed by atoms with van der Waals surface area (Å²) in [5.41, 5.74) is 1.36. The first-order valence-electron chi connectivity index (χ1n) is 10.5. The number of rotatable bonds is 7. The quantitative estimate of drug-likeness (QED) is 0.797. The van der Waals surface area contributed by atoms with E-state index in [1.807, 2.05) is 11.9 Å². The average Bonchev–Trinajstić information content (AvgIpc) is 3.08. The Hall–Kier alpha value is -1.43. The minimum absolute atomic E-state index is 0.146. The van der Waals surface area contributed by atoms with Crippen LogP contribution in [0.25, 0.3) is 0 Å². The van der Waals surface area contributed by atoms with Crippen LogP contribution in [-0.2, 0) is 11.3 Å². The van der Waals surface area contributed by atoms with Crippen molar-refractivity contribution >= 4 is 5.91 Å². The fraction of sp³-hybridized carbons (Fsp3) is 0.682. The first-order valence-corrected chi connectivity index (χ1v) is 10.5. The number of β-amino-alcohol motifs (C(OH)–C–C–N with tert-alkyl or cyclic N) is 1. The second kappa shape index (κ2) is 9.67. The van der Waals surface area contributed by atoms with E-state index in [9.17, 15) is 9.90 Å². The number of benzene rings is 1. The molecule has 3 rings (SSSR count). The number of piperidine rings is 1. The van der Waals surface area contributed by atoms with Gasteiger partial charge in [-0.3, -0.25) is 14.6 Å². The maximum Gasteiger partial charge on any atom is 0.239 e. The summed E-state index contributed by atoms with van der Waals surface area (Å²) in [4.78, 5) is 19.6. The van der Waals surface area contributed by atoms with E-state index in [1.165, 1.54) is 5.56 Å². The number of likely N-dealkylation sites (tertiary alicyclic amines) is 2. The molecule has 0 radical (unpaired) electrons. The van der Waals surface area contributed by atoms with Crippen LogP contribution in [0.3, 0.4) is 0 Å². The Balaban J connectivity index is 1.54. The Morgan fingerprint density at radius 2 is 1.93 bits per heavy atom. The summed E-state index contributed by atoms with van der Waals surface area (Å²) in [5, 5.41) is 10.2. The Kier molecular flexibility index (Phi) is 7.27. The smallest absolute Gasteiger partial charge is 0.239 e. The molecule has 2 aliphatic rings. The second-order valence-electron chi connectivity index (χ2n) is 8.21. The van der Waals surface area contributed by atoms with Gasteiger partial charge in [0.15, 0.2) is 0 Å². The van der Waals surface area contributed by atoms with Gasteiger partial charge in [0.1, 0.15) is 0 Å². The molecule has 0 saturated carbocycles. The standard InChI is InChI=1S/C22H35N3O2/c1-3-4-12-23(2)22(27)21-15-20(26)17-25(21)19-10-13-24(14-11-19)16-18-8-6-5-7-9-18/h5-9,19-21,26H,3-4,10-17H2,1-2H3/t20-,21+/m1/s1. The van der Waals surface area contributed by atoms with E-state index in [1.54, 1.807) is 0 Å². The van der Waals surface area contributed by atoms with Crippen LogP contribution in [0.1, 0.15) is 44.6 Å². The van der Waals surface area contributed by atoms with Crippen molar-refractivity contribution in [1.29, 1.82) is 0 Å². The molecule has 0 spiro atoms. The van der Waals surface area contributed by atoms with Gasteiger partial charge < -0.3 is 10.0 Å². The fourth-order valence-electron chi connectivity index (χ4n) is 4.50. The van der Waals surface area contributed by atoms with Crippen LogP contribution < -0.4 is 0 Å². The van der Waals surface area contributed by atoms with Crippen molar-refractivity contribution in [2.24, 2.45) is 0 Å². The van der Waals surface area contributed by atoms with Gasteiger partial charge in [0, 0.05) is 32.7 Å². The van der Waals surface area contributed by atoms with Crippen molar-refractivity contribution in [2.75, 3.05) is 33.2 Å². The Morgan fingerprint density at radius 1 is 1.22 bits per heavy atom. The molecular formula is C22H35N3O2. The lowest BCUT2D eigenvalue weighted by Crippen LogP contribution is -2.51. The average molecular weight is 374 g/mol. The minimum atomic E-state index is -0.374. The molecule has 5 heteroatoms. The lowest BCUT2D eigenvalue weighted by Gasteiger charge is -2.39. The van der Waals surface area contributed by atoms with Gasteiger partial charge in [-0.15, -0.1) is 0 Å². The molecule has 2 saturated heterocycles. The zero-order chi connectivity index (χ0) is 19.2. The van der Waals surface area contributed by atoms with E-state index in [-0.39, 0.29) is 18.1 Å². The summed E-state index contributed by atoms with van der Waals surface area (Å²) in [6.07, 6.45) is 4.48. The third kappa shape index (κ3) is 5.31. The first kappa shape index (κ1) is 20.3. The van der Waals surface area contributed by atoms with E-state index >= 15 is 0 Å². The molecule has 2 aliphatic heterocycles. The Morgan fingerprint density at radius 3 is 2.59 bits per heavy atom. The van der Waals surface area contributed by atoms with E-state index in [0.717, 1.165) is 51.9 Å². The number of aliphatic hydroxyl groups excluding tert-OH is 1. The molecule has 2 heterocycles. The number of carbonyl (C=O) groups excluding carboxylic acids is 1. The lowest BCUT2D eigenvalue weighted by molar-refractivity contribution is -0.135. The molecule has 1 N–H and O–H groups in total. The number of carbonyl (C=O) groups is 1. The van der Waals surface area contributed by atoms with Gasteiger partial charge in [-0.2, -0.15) is 0 Å². The molecule has 2 fully saturated rings. The molecule has 0 bridgehead atoms. The molecular weight excluding hydrogens is 338 g/mol. The number of aliphatic hydroxyl groups is 1. The van der Waals surface area contributed by atoms with Crippen LogP contribution in [-0.4, -0.2) is 77.1 Å². The fourth-order valence-corrected chi connectivity index (χ4v) is 4.50. The van der Waals surface area contributed by atoms with Gasteiger partial charge in [-0.05, 0) is 44.3 Å². The summed E-state index contributed by atoms with van der Waals surface area (Å²) >= 11 is 0. The largest absolute Gasteiger partial charge is 0.392 e. The highest BCUT2D eigenvalue weighted by Crippen LogP contribution is 2.28. The normalized spacial score (nSPS) is 25.0. The molecule has 150 valence electrons. The van der Waals surface area contributed by atoms with E-state index in [2.05, 4.69) is 47.1 Å². The maximum absolute atomic E-state index is 12.9. The zero-order valence-corrected chi connectivity index (χ0v) is 16.9. The van der Waals surface area contributed by atoms with Crippen molar-refractivity contribution in [3.05, 3.63) is 35.9 Å². The predicted molar refractivity (Wildman–Crippen MR) is 108 cm³/mol. The third-order valence-electron chi connectivity index (χ3n) is 6.10. The summed E-state index contributed by atoms with van der Waals surface area (Å²) in [6, 6.07) is 10.9. The van der Waals surface area contributed by atoms with Gasteiger partial charge in [-0.25, -0.2) is 0 Å². The number of likely N-dealkylation sites (N-methyl/N-ethyl adjacent to an activating group) is 1. The SMILES string of the molecule is CCCCN(C)C(=O)[C@@H]1C[C@@H](O)CN1C1CCN(Cc2ccccc2)CC1. The van der Waals surface area contributed by atoms with Gasteiger partial charge >= 0.3 is 0 Å². The molecule has 27 heavy (non-hydrogen) atoms. The van der Waals surface area contributed by atoms with Crippen LogP contribution in [0.5, 0.6) is 0 Å². The first-order chi connectivity index (χ1) is 13.1. The summed E-state index contributed by atoms with van der Waals surface area (Å²) < 4.78 is 0. The molecule has 2 atom stereocenters. The number of unbranched alkanes of at least 4 members (excludes halogenated alkanes) is 1. The summed E-state index contributed by atoms with van der Waals surface area (Å²) in [6.45, 7) is 6.70. The maximum atomic E-state index is 12.9. The zero-order valence-electron chi connectivity index (χ0n) is 16.9. The molecule has 1 aromatic rings. The van der Waals surface area contributed by atoms with Crippen molar-refractivity contribution in [3.8, 4) is 0 Å². The van der Waals surface area contributed by atoms with Gasteiger partial charge in [0.2, 0.25) is 5.91 Å². The van der Waals surface area contributed by atoms with E-state index in [0.29, 0.717) is 19.0 Å². The second-order valence-corrected chi connectivity index (χ2v) is 8.21. The van der Waals surface area contributed by atoms with Crippen LogP contribution in [0.2, 0.25) is 0 Å². The monoisotopic (exact) mass is 373 g/mol. The van der Waals surface area contributed by atoms with Gasteiger partial charge in [-0.1, -0.05) is 43.7 Å². The van der Waals surface area contributed by atoms with Crippen LogP contribution in [0, 0.1) is 0 Å². The van der Waals surface area contributed by atoms with Crippen LogP contribution in [0.4, 0.5) is 0 Å². The highest BCUT2D eigenvalue weighted by molar-refractivity contribution is 5.82. The Bertz CT molecular complexity index is 586. The topological polar surface area (TPSA) is 47.0 Å². The van der Waals surface area contributed by atoms with Crippen LogP contribution >= 0.6 is 0 Å². The minimum Gasteiger partial charge on any atom is -0.392 e. The molecule has 0 unspecified atom stereocenters. The molecule has 5 nitrogen and oxygen atoms in total. The summed E-state index contributed by atoms with van der Waals surface area (Å²) in [5.74, 6) is 0.187. The molecule has 1 aromatic carbocycles. The number of hydrogen-bond acceptors (Lipinski definition) is 4. The Labute approximate surface area is 163 Å². The van der Waals surface area contributed by atoms with Crippen molar-refractivity contribution in [3.63, 3.8) is 0 Å². The molecule has 0 aromatic heterocycles. The van der Waals surface area contributed by atoms with Crippen molar-refractivity contribution in [1.82, 2.24) is 14.7 Å². The highest BCUT2D eigenvalue weighted by atomic mass is 16.3. The number of nitrogens with zero attached hydrogens (tertiary/aromatic N) is 3. The lowest BCUT2D eigenvalue weighted by atomic mass is 10.0. The van der Waals surface area contributed by atoms with Crippen molar-refractivity contribution in [2.45, 2.75) is 63.8 Å². The molecule has 1 amide bonds. The van der Waals surface area contributed by atoms with E-state index < -0.39 is 0 Å². The predicted octanol–water partition coefficient (Wildman–Crippen LogP) is 2.34. The van der Waals surface area contributed by atoms with E-state index in [4.69, 9.17) is 0 Å².